The first-order valence-corrected chi connectivity index (χ1v) is 7.95. The molecule has 0 spiro atoms. The first kappa shape index (κ1) is 17.9. The van der Waals surface area contributed by atoms with Gasteiger partial charge in [0.1, 0.15) is 17.6 Å². The molecule has 0 unspecified atom stereocenters. The Labute approximate surface area is 141 Å². The Morgan fingerprint density at radius 3 is 2.54 bits per heavy atom. The van der Waals surface area contributed by atoms with Crippen molar-refractivity contribution >= 4 is 5.91 Å². The lowest BCUT2D eigenvalue weighted by molar-refractivity contribution is -0.125. The monoisotopic (exact) mass is 330 g/mol. The Morgan fingerprint density at radius 2 is 1.92 bits per heavy atom. The summed E-state index contributed by atoms with van der Waals surface area (Å²) in [6.07, 6.45) is 1.60. The maximum Gasteiger partial charge on any atom is 0.241 e. The van der Waals surface area contributed by atoms with Crippen LogP contribution in [0.4, 0.5) is 4.39 Å². The maximum atomic E-state index is 13.4. The number of nitrogens with zero attached hydrogens (tertiary/aromatic N) is 1. The number of aryl methyl sites for hydroxylation is 1. The fourth-order valence-electron chi connectivity index (χ4n) is 2.62. The van der Waals surface area contributed by atoms with Crippen LogP contribution in [0.2, 0.25) is 0 Å². The van der Waals surface area contributed by atoms with E-state index in [0.717, 1.165) is 18.4 Å². The molecular weight excluding hydrogens is 307 g/mol. The lowest BCUT2D eigenvalue weighted by Crippen LogP contribution is -2.37. The summed E-state index contributed by atoms with van der Waals surface area (Å²) in [5.41, 5.74) is 1.74. The Kier molecular flexibility index (Phi) is 6.32. The van der Waals surface area contributed by atoms with E-state index in [4.69, 9.17) is 0 Å². The van der Waals surface area contributed by atoms with Crippen molar-refractivity contribution in [1.82, 2.24) is 10.2 Å². The summed E-state index contributed by atoms with van der Waals surface area (Å²) in [7, 11) is 3.59. The van der Waals surface area contributed by atoms with Crippen molar-refractivity contribution in [3.05, 3.63) is 65.5 Å². The van der Waals surface area contributed by atoms with Gasteiger partial charge in [0.15, 0.2) is 0 Å². The topological polar surface area (TPSA) is 52.6 Å². The van der Waals surface area contributed by atoms with Crippen molar-refractivity contribution in [3.63, 3.8) is 0 Å². The summed E-state index contributed by atoms with van der Waals surface area (Å²) < 4.78 is 13.4. The van der Waals surface area contributed by atoms with Gasteiger partial charge < -0.3 is 10.4 Å². The number of nitrogens with one attached hydrogen (secondary N) is 1. The molecule has 0 aliphatic heterocycles. The van der Waals surface area contributed by atoms with Gasteiger partial charge in [-0.15, -0.1) is 0 Å². The highest BCUT2D eigenvalue weighted by Crippen LogP contribution is 2.19. The first-order valence-electron chi connectivity index (χ1n) is 7.95. The zero-order chi connectivity index (χ0) is 17.5. The van der Waals surface area contributed by atoms with Gasteiger partial charge in [0.2, 0.25) is 5.91 Å². The van der Waals surface area contributed by atoms with E-state index >= 15 is 0 Å². The molecule has 0 saturated carbocycles. The number of aromatic hydroxyl groups is 1. The van der Waals surface area contributed by atoms with Crippen molar-refractivity contribution in [1.29, 1.82) is 0 Å². The van der Waals surface area contributed by atoms with Crippen molar-refractivity contribution in [3.8, 4) is 5.75 Å². The van der Waals surface area contributed by atoms with Crippen molar-refractivity contribution in [2.24, 2.45) is 0 Å². The average Bonchev–Trinajstić information content (AvgIpc) is 2.53. The molecule has 0 saturated heterocycles. The summed E-state index contributed by atoms with van der Waals surface area (Å²) >= 11 is 0. The first-order chi connectivity index (χ1) is 11.5. The van der Waals surface area contributed by atoms with Gasteiger partial charge in [-0.05, 0) is 62.3 Å². The van der Waals surface area contributed by atoms with Crippen LogP contribution in [0.1, 0.15) is 23.6 Å². The standard InChI is InChI=1S/C19H23FN2O2/c1-22(2)18(15-6-3-7-16(20)13-15)19(24)21-12-4-5-14-8-10-17(23)11-9-14/h3,6-11,13,18,23H,4-5,12H2,1-2H3,(H,21,24)/t18-/m0/s1. The van der Waals surface area contributed by atoms with E-state index in [0.29, 0.717) is 12.1 Å². The van der Waals surface area contributed by atoms with Crippen LogP contribution in [0.3, 0.4) is 0 Å². The molecule has 1 atom stereocenters. The Balaban J connectivity index is 1.88. The third kappa shape index (κ3) is 5.06. The molecule has 0 aliphatic rings. The quantitative estimate of drug-likeness (QED) is 0.768. The zero-order valence-electron chi connectivity index (χ0n) is 14.0. The summed E-state index contributed by atoms with van der Waals surface area (Å²) in [5, 5.41) is 12.2. The van der Waals surface area contributed by atoms with Gasteiger partial charge in [0.25, 0.3) is 0 Å². The average molecular weight is 330 g/mol. The van der Waals surface area contributed by atoms with Gasteiger partial charge in [0, 0.05) is 6.54 Å². The number of rotatable bonds is 7. The number of hydrogen-bond acceptors (Lipinski definition) is 3. The molecule has 5 heteroatoms. The molecule has 2 aromatic rings. The van der Waals surface area contributed by atoms with Crippen LogP contribution in [-0.2, 0) is 11.2 Å². The molecule has 2 aromatic carbocycles. The van der Waals surface area contributed by atoms with Crippen molar-refractivity contribution in [2.45, 2.75) is 18.9 Å². The SMILES string of the molecule is CN(C)[C@H](C(=O)NCCCc1ccc(O)cc1)c1cccc(F)c1. The Hall–Kier alpha value is -2.40. The molecular formula is C19H23FN2O2. The summed E-state index contributed by atoms with van der Waals surface area (Å²) in [6.45, 7) is 0.541. The Bertz CT molecular complexity index is 671. The molecule has 0 radical (unpaired) electrons. The number of phenols is 1. The largest absolute Gasteiger partial charge is 0.508 e. The lowest BCUT2D eigenvalue weighted by atomic mass is 10.0. The number of phenolic OH excluding ortho intramolecular Hbond substituents is 1. The summed E-state index contributed by atoms with van der Waals surface area (Å²) in [4.78, 5) is 14.2. The van der Waals surface area contributed by atoms with Gasteiger partial charge in [-0.25, -0.2) is 4.39 Å². The second-order valence-corrected chi connectivity index (χ2v) is 5.98. The van der Waals surface area contributed by atoms with Crippen LogP contribution in [0.15, 0.2) is 48.5 Å². The second-order valence-electron chi connectivity index (χ2n) is 5.98. The van der Waals surface area contributed by atoms with Crippen LogP contribution in [0.5, 0.6) is 5.75 Å². The van der Waals surface area contributed by atoms with E-state index in [1.54, 1.807) is 43.3 Å². The third-order valence-corrected chi connectivity index (χ3v) is 3.81. The highest BCUT2D eigenvalue weighted by Gasteiger charge is 2.22. The summed E-state index contributed by atoms with van der Waals surface area (Å²) in [5.74, 6) is -0.244. The van der Waals surface area contributed by atoms with E-state index in [1.807, 2.05) is 12.1 Å². The van der Waals surface area contributed by atoms with Crippen LogP contribution in [0.25, 0.3) is 0 Å². The number of halogens is 1. The number of carbonyl (C=O) groups is 1. The van der Waals surface area contributed by atoms with Gasteiger partial charge in [0.05, 0.1) is 0 Å². The molecule has 2 N–H and O–H groups in total. The minimum absolute atomic E-state index is 0.142. The smallest absolute Gasteiger partial charge is 0.241 e. The van der Waals surface area contributed by atoms with Gasteiger partial charge in [-0.2, -0.15) is 0 Å². The highest BCUT2D eigenvalue weighted by atomic mass is 19.1. The zero-order valence-corrected chi connectivity index (χ0v) is 14.0. The van der Waals surface area contributed by atoms with Gasteiger partial charge >= 0.3 is 0 Å². The van der Waals surface area contributed by atoms with E-state index in [2.05, 4.69) is 5.32 Å². The molecule has 0 fully saturated rings. The summed E-state index contributed by atoms with van der Waals surface area (Å²) in [6, 6.07) is 12.6. The molecule has 4 nitrogen and oxygen atoms in total. The van der Waals surface area contributed by atoms with E-state index in [1.165, 1.54) is 12.1 Å². The number of likely N-dealkylation sites (N-methyl/N-ethyl adjacent to an activating group) is 1. The number of hydrogen-bond donors (Lipinski definition) is 2. The molecule has 0 bridgehead atoms. The number of carbonyl (C=O) groups excluding carboxylic acids is 1. The van der Waals surface area contributed by atoms with Crippen molar-refractivity contribution in [2.75, 3.05) is 20.6 Å². The van der Waals surface area contributed by atoms with Gasteiger partial charge in [-0.3, -0.25) is 9.69 Å². The fraction of sp³-hybridized carbons (Fsp3) is 0.316. The normalized spacial score (nSPS) is 12.2. The van der Waals surface area contributed by atoms with E-state index in [9.17, 15) is 14.3 Å². The van der Waals surface area contributed by atoms with Gasteiger partial charge in [-0.1, -0.05) is 24.3 Å². The molecule has 0 aromatic heterocycles. The number of benzene rings is 2. The fourth-order valence-corrected chi connectivity index (χ4v) is 2.62. The molecule has 24 heavy (non-hydrogen) atoms. The molecule has 0 aliphatic carbocycles. The second kappa shape index (κ2) is 8.45. The van der Waals surface area contributed by atoms with Crippen LogP contribution in [0, 0.1) is 5.82 Å². The predicted molar refractivity (Wildman–Crippen MR) is 92.3 cm³/mol. The maximum absolute atomic E-state index is 13.4. The minimum atomic E-state index is -0.519. The molecule has 128 valence electrons. The minimum Gasteiger partial charge on any atom is -0.508 e. The molecule has 1 amide bonds. The van der Waals surface area contributed by atoms with E-state index in [-0.39, 0.29) is 17.5 Å². The third-order valence-electron chi connectivity index (χ3n) is 3.81. The molecule has 2 rings (SSSR count). The van der Waals surface area contributed by atoms with Crippen molar-refractivity contribution < 1.29 is 14.3 Å². The predicted octanol–water partition coefficient (Wildman–Crippen LogP) is 2.88. The Morgan fingerprint density at radius 1 is 1.21 bits per heavy atom. The number of amides is 1. The highest BCUT2D eigenvalue weighted by molar-refractivity contribution is 5.83. The van der Waals surface area contributed by atoms with Crippen LogP contribution in [-0.4, -0.2) is 36.6 Å². The lowest BCUT2D eigenvalue weighted by Gasteiger charge is -2.24. The van der Waals surface area contributed by atoms with Crippen LogP contribution < -0.4 is 5.32 Å². The van der Waals surface area contributed by atoms with Crippen LogP contribution >= 0.6 is 0 Å². The van der Waals surface area contributed by atoms with E-state index < -0.39 is 6.04 Å². The molecule has 0 heterocycles.